The number of aliphatic imine (C=N–C) groups is 2. The first-order valence-corrected chi connectivity index (χ1v) is 14.1. The third-order valence-electron chi connectivity index (χ3n) is 7.03. The van der Waals surface area contributed by atoms with Crippen LogP contribution in [0.25, 0.3) is 10.9 Å². The highest BCUT2D eigenvalue weighted by Gasteiger charge is 2.33. The van der Waals surface area contributed by atoms with Gasteiger partial charge in [-0.2, -0.15) is 4.39 Å². The van der Waals surface area contributed by atoms with Gasteiger partial charge in [-0.25, -0.2) is 13.8 Å². The normalized spacial score (nSPS) is 17.0. The Kier molecular flexibility index (Phi) is 8.07. The number of thioether (sulfide) groups is 1. The van der Waals surface area contributed by atoms with Gasteiger partial charge in [-0.05, 0) is 49.4 Å². The van der Waals surface area contributed by atoms with Gasteiger partial charge in [-0.15, -0.1) is 11.8 Å². The lowest BCUT2D eigenvalue weighted by atomic mass is 9.85. The number of carbonyl (C=O) groups is 1. The van der Waals surface area contributed by atoms with Crippen molar-refractivity contribution in [3.63, 3.8) is 0 Å². The largest absolute Gasteiger partial charge is 0.493 e. The molecule has 11 heteroatoms. The minimum atomic E-state index is -1.16. The van der Waals surface area contributed by atoms with Crippen molar-refractivity contribution >= 4 is 41.1 Å². The average molecular weight is 581 g/mol. The Morgan fingerprint density at radius 1 is 1.22 bits per heavy atom. The van der Waals surface area contributed by atoms with Crippen LogP contribution in [0.2, 0.25) is 0 Å². The summed E-state index contributed by atoms with van der Waals surface area (Å²) in [5.74, 6) is -2.64. The lowest BCUT2D eigenvalue weighted by Crippen LogP contribution is -2.29. The van der Waals surface area contributed by atoms with Crippen molar-refractivity contribution in [2.75, 3.05) is 12.9 Å². The second kappa shape index (κ2) is 11.7. The number of para-hydroxylation sites is 1. The molecule has 0 radical (unpaired) electrons. The van der Waals surface area contributed by atoms with Gasteiger partial charge in [0.25, 0.3) is 0 Å². The number of nitrogens with one attached hydrogen (secondary N) is 1. The number of nitrogens with zero attached hydrogens (tertiary/aromatic N) is 2. The highest BCUT2D eigenvalue weighted by atomic mass is 32.2. The highest BCUT2D eigenvalue weighted by molar-refractivity contribution is 7.99. The molecule has 0 spiro atoms. The standard InChI is InChI=1S/C30H27F3N4O3S/c1-30(11-14-39-26-17(6-4-13-38)5-3-7-21(26)30)37-16-36-29(34)20-15-18(8-9-22(20)31)40-27-24(33)23(32)25-19(10-12-35-25)28(27)41-2/h3,5,7-10,12-13,15-16,35H,4,6,11,14H2,1-2H3,(H2,34,36,37). The molecule has 1 aliphatic rings. The van der Waals surface area contributed by atoms with E-state index >= 15 is 0 Å². The van der Waals surface area contributed by atoms with E-state index in [1.165, 1.54) is 36.4 Å². The first-order chi connectivity index (χ1) is 19.8. The maximum absolute atomic E-state index is 15.0. The van der Waals surface area contributed by atoms with E-state index in [-0.39, 0.29) is 28.4 Å². The van der Waals surface area contributed by atoms with Crippen molar-refractivity contribution in [3.8, 4) is 17.2 Å². The Morgan fingerprint density at radius 3 is 2.83 bits per heavy atom. The molecule has 7 nitrogen and oxygen atoms in total. The summed E-state index contributed by atoms with van der Waals surface area (Å²) in [6, 6.07) is 11.0. The first-order valence-electron chi connectivity index (χ1n) is 12.8. The molecule has 212 valence electrons. The number of hydrogen-bond donors (Lipinski definition) is 2. The molecular formula is C30H27F3N4O3S. The van der Waals surface area contributed by atoms with Crippen molar-refractivity contribution in [3.05, 3.63) is 82.8 Å². The second-order valence-electron chi connectivity index (χ2n) is 9.63. The molecule has 3 N–H and O–H groups in total. The molecule has 1 atom stereocenters. The molecule has 0 amide bonds. The second-order valence-corrected chi connectivity index (χ2v) is 10.4. The van der Waals surface area contributed by atoms with Crippen LogP contribution < -0.4 is 15.2 Å². The van der Waals surface area contributed by atoms with Crippen LogP contribution in [0.1, 0.15) is 36.5 Å². The summed E-state index contributed by atoms with van der Waals surface area (Å²) in [6.07, 6.45) is 6.89. The van der Waals surface area contributed by atoms with Crippen LogP contribution in [0.3, 0.4) is 0 Å². The van der Waals surface area contributed by atoms with E-state index in [1.54, 1.807) is 12.3 Å². The number of carbonyl (C=O) groups excluding carboxylic acids is 1. The maximum Gasteiger partial charge on any atom is 0.204 e. The van der Waals surface area contributed by atoms with Gasteiger partial charge >= 0.3 is 0 Å². The Hall–Kier alpha value is -4.25. The molecule has 0 saturated heterocycles. The molecule has 41 heavy (non-hydrogen) atoms. The number of aldehydes is 1. The van der Waals surface area contributed by atoms with E-state index < -0.39 is 23.0 Å². The van der Waals surface area contributed by atoms with Crippen molar-refractivity contribution in [1.29, 1.82) is 0 Å². The summed E-state index contributed by atoms with van der Waals surface area (Å²) in [6.45, 7) is 2.36. The summed E-state index contributed by atoms with van der Waals surface area (Å²) < 4.78 is 56.0. The third kappa shape index (κ3) is 5.41. The maximum atomic E-state index is 15.0. The van der Waals surface area contributed by atoms with Gasteiger partial charge in [0.05, 0.1) is 28.1 Å². The summed E-state index contributed by atoms with van der Waals surface area (Å²) in [5, 5.41) is 0.463. The molecule has 2 heterocycles. The molecule has 3 aromatic carbocycles. The fourth-order valence-electron chi connectivity index (χ4n) is 4.85. The molecule has 1 aliphatic heterocycles. The monoisotopic (exact) mass is 580 g/mol. The van der Waals surface area contributed by atoms with Gasteiger partial charge in [0.1, 0.15) is 35.8 Å². The predicted molar refractivity (Wildman–Crippen MR) is 154 cm³/mol. The molecule has 0 bridgehead atoms. The van der Waals surface area contributed by atoms with Gasteiger partial charge in [0.15, 0.2) is 11.6 Å². The van der Waals surface area contributed by atoms with Gasteiger partial charge < -0.3 is 25.0 Å². The van der Waals surface area contributed by atoms with E-state index in [0.717, 1.165) is 23.5 Å². The highest BCUT2D eigenvalue weighted by Crippen LogP contribution is 2.43. The minimum absolute atomic E-state index is 0.0349. The fourth-order valence-corrected chi connectivity index (χ4v) is 5.55. The summed E-state index contributed by atoms with van der Waals surface area (Å²) in [5.41, 5.74) is 7.18. The van der Waals surface area contributed by atoms with Crippen molar-refractivity contribution in [1.82, 2.24) is 4.98 Å². The molecule has 0 saturated carbocycles. The Morgan fingerprint density at radius 2 is 2.05 bits per heavy atom. The van der Waals surface area contributed by atoms with Gasteiger partial charge in [-0.1, -0.05) is 18.2 Å². The number of fused-ring (bicyclic) bond motifs is 2. The van der Waals surface area contributed by atoms with E-state index in [4.69, 9.17) is 15.2 Å². The zero-order chi connectivity index (χ0) is 29.1. The topological polar surface area (TPSA) is 102 Å². The van der Waals surface area contributed by atoms with Gasteiger partial charge in [0, 0.05) is 30.0 Å². The van der Waals surface area contributed by atoms with Gasteiger partial charge in [0.2, 0.25) is 5.82 Å². The third-order valence-corrected chi connectivity index (χ3v) is 7.84. The summed E-state index contributed by atoms with van der Waals surface area (Å²) >= 11 is 1.19. The number of benzene rings is 3. The number of rotatable bonds is 9. The summed E-state index contributed by atoms with van der Waals surface area (Å²) in [7, 11) is 0. The number of aryl methyl sites for hydroxylation is 1. The predicted octanol–water partition coefficient (Wildman–Crippen LogP) is 6.66. The zero-order valence-electron chi connectivity index (χ0n) is 22.3. The summed E-state index contributed by atoms with van der Waals surface area (Å²) in [4.78, 5) is 22.7. The van der Waals surface area contributed by atoms with Crippen molar-refractivity contribution in [2.45, 2.75) is 36.6 Å². The fraction of sp³-hybridized carbons (Fsp3) is 0.233. The van der Waals surface area contributed by atoms with Crippen LogP contribution in [0.5, 0.6) is 17.2 Å². The SMILES string of the molecule is CSc1c(Oc2ccc(F)c(C(N)=NC=NC3(C)CCOc4c(CCC=O)cccc43)c2)c(F)c(F)c2[nH]ccc12. The minimum Gasteiger partial charge on any atom is -0.493 e. The first kappa shape index (κ1) is 28.3. The lowest BCUT2D eigenvalue weighted by Gasteiger charge is -2.33. The molecule has 0 fully saturated rings. The number of nitrogens with two attached hydrogens (primary N) is 1. The number of ether oxygens (including phenoxy) is 2. The number of H-pyrrole nitrogens is 1. The number of aromatic nitrogens is 1. The van der Waals surface area contributed by atoms with E-state index in [1.807, 2.05) is 25.1 Å². The number of hydrogen-bond acceptors (Lipinski definition) is 5. The van der Waals surface area contributed by atoms with Crippen LogP contribution in [0, 0.1) is 17.5 Å². The molecular weight excluding hydrogens is 553 g/mol. The number of halogens is 3. The molecule has 1 unspecified atom stereocenters. The van der Waals surface area contributed by atoms with E-state index in [9.17, 15) is 18.0 Å². The smallest absolute Gasteiger partial charge is 0.204 e. The van der Waals surface area contributed by atoms with Crippen LogP contribution in [0.4, 0.5) is 13.2 Å². The molecule has 4 aromatic rings. The van der Waals surface area contributed by atoms with Crippen molar-refractivity contribution < 1.29 is 27.4 Å². The Balaban J connectivity index is 1.42. The molecule has 5 rings (SSSR count). The van der Waals surface area contributed by atoms with Crippen LogP contribution in [-0.4, -0.2) is 36.3 Å². The van der Waals surface area contributed by atoms with Crippen molar-refractivity contribution in [2.24, 2.45) is 15.7 Å². The average Bonchev–Trinajstić information content (AvgIpc) is 3.46. The van der Waals surface area contributed by atoms with E-state index in [2.05, 4.69) is 15.0 Å². The number of aromatic amines is 1. The molecule has 1 aromatic heterocycles. The van der Waals surface area contributed by atoms with E-state index in [0.29, 0.717) is 41.9 Å². The van der Waals surface area contributed by atoms with Crippen LogP contribution in [-0.2, 0) is 16.8 Å². The van der Waals surface area contributed by atoms with Crippen LogP contribution in [0.15, 0.2) is 63.5 Å². The van der Waals surface area contributed by atoms with Crippen LogP contribution >= 0.6 is 11.8 Å². The molecule has 0 aliphatic carbocycles. The Bertz CT molecular complexity index is 1690. The Labute approximate surface area is 238 Å². The van der Waals surface area contributed by atoms with Gasteiger partial charge in [-0.3, -0.25) is 4.99 Å². The zero-order valence-corrected chi connectivity index (χ0v) is 23.2. The number of amidine groups is 1. The quantitative estimate of drug-likeness (QED) is 0.0998. The lowest BCUT2D eigenvalue weighted by molar-refractivity contribution is -0.107.